The minimum atomic E-state index is -0.572. The molecule has 0 saturated carbocycles. The minimum Gasteiger partial charge on any atom is -0.471 e. The molecule has 0 saturated heterocycles. The smallest absolute Gasteiger partial charge is 0.359 e. The highest BCUT2D eigenvalue weighted by Gasteiger charge is 2.11. The van der Waals surface area contributed by atoms with Crippen LogP contribution in [0.25, 0.3) is 0 Å². The Bertz CT molecular complexity index is 818. The van der Waals surface area contributed by atoms with Crippen LogP contribution in [0, 0.1) is 5.82 Å². The first kappa shape index (κ1) is 15.7. The normalized spacial score (nSPS) is 10.4. The van der Waals surface area contributed by atoms with Gasteiger partial charge >= 0.3 is 5.97 Å². The average molecular weight is 326 g/mol. The Kier molecular flexibility index (Phi) is 4.86. The minimum absolute atomic E-state index is 0.00995. The van der Waals surface area contributed by atoms with Gasteiger partial charge in [0.05, 0.1) is 0 Å². The van der Waals surface area contributed by atoms with Crippen molar-refractivity contribution in [1.29, 1.82) is 0 Å². The molecule has 0 N–H and O–H groups in total. The Morgan fingerprint density at radius 1 is 1.08 bits per heavy atom. The molecule has 0 aliphatic carbocycles. The first-order valence-corrected chi connectivity index (χ1v) is 7.33. The third kappa shape index (κ3) is 4.19. The predicted molar refractivity (Wildman–Crippen MR) is 84.8 cm³/mol. The second-order valence-electron chi connectivity index (χ2n) is 5.03. The topological polar surface area (TPSA) is 53.4 Å². The Labute approximate surface area is 138 Å². The van der Waals surface area contributed by atoms with Gasteiger partial charge in [0.2, 0.25) is 0 Å². The lowest BCUT2D eigenvalue weighted by Gasteiger charge is -2.05. The zero-order valence-corrected chi connectivity index (χ0v) is 12.8. The second-order valence-corrected chi connectivity index (χ2v) is 5.03. The fraction of sp³-hybridized carbons (Fsp3) is 0.111. The maximum Gasteiger partial charge on any atom is 0.359 e. The van der Waals surface area contributed by atoms with E-state index in [1.807, 2.05) is 30.3 Å². The second kappa shape index (κ2) is 7.41. The van der Waals surface area contributed by atoms with Crippen molar-refractivity contribution in [1.82, 2.24) is 9.78 Å². The molecule has 0 atom stereocenters. The van der Waals surface area contributed by atoms with Crippen LogP contribution in [0.2, 0.25) is 0 Å². The highest BCUT2D eigenvalue weighted by molar-refractivity contribution is 5.87. The number of ether oxygens (including phenoxy) is 2. The largest absolute Gasteiger partial charge is 0.471 e. The highest BCUT2D eigenvalue weighted by Crippen LogP contribution is 2.10. The number of hydrogen-bond donors (Lipinski definition) is 0. The van der Waals surface area contributed by atoms with Crippen molar-refractivity contribution >= 4 is 5.97 Å². The molecule has 2 aromatic carbocycles. The van der Waals surface area contributed by atoms with Gasteiger partial charge in [-0.1, -0.05) is 30.3 Å². The van der Waals surface area contributed by atoms with Crippen LogP contribution in [-0.2, 0) is 18.1 Å². The number of rotatable bonds is 6. The number of nitrogens with zero attached hydrogens (tertiary/aromatic N) is 2. The van der Waals surface area contributed by atoms with Gasteiger partial charge in [-0.15, -0.1) is 0 Å². The van der Waals surface area contributed by atoms with Gasteiger partial charge in [0.1, 0.15) is 18.2 Å². The van der Waals surface area contributed by atoms with E-state index in [9.17, 15) is 9.18 Å². The summed E-state index contributed by atoms with van der Waals surface area (Å²) in [5.41, 5.74) is 0.748. The molecule has 0 spiro atoms. The summed E-state index contributed by atoms with van der Waals surface area (Å²) in [7, 11) is 0. The Balaban J connectivity index is 1.53. The number of esters is 1. The maximum atomic E-state index is 13.1. The molecule has 122 valence electrons. The molecule has 24 heavy (non-hydrogen) atoms. The van der Waals surface area contributed by atoms with Gasteiger partial charge in [0.15, 0.2) is 12.4 Å². The zero-order valence-electron chi connectivity index (χ0n) is 12.8. The van der Waals surface area contributed by atoms with Gasteiger partial charge < -0.3 is 9.47 Å². The van der Waals surface area contributed by atoms with Crippen molar-refractivity contribution in [2.45, 2.75) is 13.3 Å². The molecule has 0 aliphatic rings. The van der Waals surface area contributed by atoms with E-state index in [2.05, 4.69) is 5.10 Å². The molecule has 0 unspecified atom stereocenters. The van der Waals surface area contributed by atoms with Crippen molar-refractivity contribution in [3.05, 3.63) is 83.9 Å². The molecule has 6 heteroatoms. The van der Waals surface area contributed by atoms with Crippen LogP contribution in [0.3, 0.4) is 0 Å². The Morgan fingerprint density at radius 3 is 2.71 bits per heavy atom. The summed E-state index contributed by atoms with van der Waals surface area (Å²) < 4.78 is 25.2. The summed E-state index contributed by atoms with van der Waals surface area (Å²) in [5.74, 6) is -0.230. The highest BCUT2D eigenvalue weighted by atomic mass is 19.1. The third-order valence-electron chi connectivity index (χ3n) is 3.22. The van der Waals surface area contributed by atoms with Crippen LogP contribution in [-0.4, -0.2) is 15.7 Å². The predicted octanol–water partition coefficient (Wildman–Crippen LogP) is 3.42. The standard InChI is InChI=1S/C18H15FN2O3/c19-15-6-4-5-14(11-15)12-23-18(22)17-9-10-21(20-17)13-24-16-7-2-1-3-8-16/h1-11H,12-13H2. The number of hydrogen-bond acceptors (Lipinski definition) is 4. The molecule has 0 amide bonds. The SMILES string of the molecule is O=C(OCc1cccc(F)c1)c1ccn(COc2ccccc2)n1. The monoisotopic (exact) mass is 326 g/mol. The number of aromatic nitrogens is 2. The molecule has 0 radical (unpaired) electrons. The number of halogens is 1. The van der Waals surface area contributed by atoms with Crippen molar-refractivity contribution in [3.63, 3.8) is 0 Å². The van der Waals surface area contributed by atoms with E-state index >= 15 is 0 Å². The Hall–Kier alpha value is -3.15. The molecule has 3 rings (SSSR count). The molecule has 1 heterocycles. The summed E-state index contributed by atoms with van der Waals surface area (Å²) >= 11 is 0. The molecule has 0 aliphatic heterocycles. The van der Waals surface area contributed by atoms with Gasteiger partial charge in [-0.2, -0.15) is 5.10 Å². The summed E-state index contributed by atoms with van der Waals surface area (Å²) in [4.78, 5) is 12.0. The summed E-state index contributed by atoms with van der Waals surface area (Å²) in [5, 5.41) is 4.10. The van der Waals surface area contributed by atoms with Gasteiger partial charge in [-0.3, -0.25) is 0 Å². The fourth-order valence-electron chi connectivity index (χ4n) is 2.05. The number of carbonyl (C=O) groups is 1. The van der Waals surface area contributed by atoms with Crippen molar-refractivity contribution < 1.29 is 18.7 Å². The average Bonchev–Trinajstić information content (AvgIpc) is 3.08. The van der Waals surface area contributed by atoms with Crippen molar-refractivity contribution in [2.24, 2.45) is 0 Å². The molecular weight excluding hydrogens is 311 g/mol. The van der Waals surface area contributed by atoms with Crippen molar-refractivity contribution in [3.8, 4) is 5.75 Å². The summed E-state index contributed by atoms with van der Waals surface area (Å²) in [6.07, 6.45) is 1.63. The summed E-state index contributed by atoms with van der Waals surface area (Å²) in [6.45, 7) is 0.172. The van der Waals surface area contributed by atoms with Gasteiger partial charge in [0, 0.05) is 6.20 Å². The lowest BCUT2D eigenvalue weighted by Crippen LogP contribution is -2.10. The van der Waals surface area contributed by atoms with E-state index in [1.54, 1.807) is 24.4 Å². The van der Waals surface area contributed by atoms with Crippen LogP contribution >= 0.6 is 0 Å². The van der Waals surface area contributed by atoms with E-state index in [0.717, 1.165) is 0 Å². The van der Waals surface area contributed by atoms with E-state index in [1.165, 1.54) is 16.8 Å². The van der Waals surface area contributed by atoms with E-state index in [4.69, 9.17) is 9.47 Å². The molecular formula is C18H15FN2O3. The number of benzene rings is 2. The quantitative estimate of drug-likeness (QED) is 0.651. The molecule has 3 aromatic rings. The number of para-hydroxylation sites is 1. The fourth-order valence-corrected chi connectivity index (χ4v) is 2.05. The van der Waals surface area contributed by atoms with Gasteiger partial charge in [-0.05, 0) is 35.9 Å². The molecule has 5 nitrogen and oxygen atoms in total. The lowest BCUT2D eigenvalue weighted by molar-refractivity contribution is 0.0463. The van der Waals surface area contributed by atoms with Gasteiger partial charge in [0.25, 0.3) is 0 Å². The zero-order chi connectivity index (χ0) is 16.8. The lowest BCUT2D eigenvalue weighted by atomic mass is 10.2. The van der Waals surface area contributed by atoms with E-state index < -0.39 is 5.97 Å². The van der Waals surface area contributed by atoms with Crippen LogP contribution in [0.5, 0.6) is 5.75 Å². The molecule has 1 aromatic heterocycles. The Morgan fingerprint density at radius 2 is 1.92 bits per heavy atom. The van der Waals surface area contributed by atoms with Crippen LogP contribution in [0.1, 0.15) is 16.1 Å². The maximum absolute atomic E-state index is 13.1. The van der Waals surface area contributed by atoms with Crippen LogP contribution in [0.4, 0.5) is 4.39 Å². The molecule has 0 fully saturated rings. The molecule has 0 bridgehead atoms. The van der Waals surface area contributed by atoms with Crippen molar-refractivity contribution in [2.75, 3.05) is 0 Å². The van der Waals surface area contributed by atoms with Gasteiger partial charge in [-0.25, -0.2) is 13.9 Å². The number of carbonyl (C=O) groups excluding carboxylic acids is 1. The summed E-state index contributed by atoms with van der Waals surface area (Å²) in [6, 6.07) is 16.7. The first-order chi connectivity index (χ1) is 11.7. The third-order valence-corrected chi connectivity index (χ3v) is 3.22. The van der Waals surface area contributed by atoms with E-state index in [-0.39, 0.29) is 24.8 Å². The first-order valence-electron chi connectivity index (χ1n) is 7.33. The van der Waals surface area contributed by atoms with Crippen LogP contribution in [0.15, 0.2) is 66.9 Å². The van der Waals surface area contributed by atoms with Crippen LogP contribution < -0.4 is 4.74 Å². The van der Waals surface area contributed by atoms with E-state index in [0.29, 0.717) is 11.3 Å².